The third-order valence-electron chi connectivity index (χ3n) is 3.00. The van der Waals surface area contributed by atoms with E-state index in [1.54, 1.807) is 30.5 Å². The summed E-state index contributed by atoms with van der Waals surface area (Å²) in [6, 6.07) is 16.7. The minimum absolute atomic E-state index is 0.0985. The van der Waals surface area contributed by atoms with Gasteiger partial charge in [0.05, 0.1) is 0 Å². The van der Waals surface area contributed by atoms with Crippen LogP contribution in [-0.2, 0) is 4.79 Å². The van der Waals surface area contributed by atoms with Gasteiger partial charge in [0, 0.05) is 17.2 Å². The molecule has 0 saturated heterocycles. The predicted molar refractivity (Wildman–Crippen MR) is 88.4 cm³/mol. The van der Waals surface area contributed by atoms with Gasteiger partial charge in [0.1, 0.15) is 5.75 Å². The van der Waals surface area contributed by atoms with Crippen molar-refractivity contribution in [3.8, 4) is 5.75 Å². The Kier molecular flexibility index (Phi) is 5.98. The number of benzene rings is 2. The van der Waals surface area contributed by atoms with Crippen molar-refractivity contribution in [1.82, 2.24) is 5.43 Å². The number of carbonyl (C=O) groups excluding carboxylic acids is 1. The molecule has 114 valence electrons. The first kappa shape index (κ1) is 16.0. The predicted octanol–water partition coefficient (Wildman–Crippen LogP) is 3.62. The number of ether oxygens (including phenoxy) is 1. The second kappa shape index (κ2) is 8.20. The number of rotatable bonds is 6. The second-order valence-electron chi connectivity index (χ2n) is 4.76. The van der Waals surface area contributed by atoms with Gasteiger partial charge in [0.2, 0.25) is 0 Å². The van der Waals surface area contributed by atoms with Crippen LogP contribution >= 0.6 is 11.6 Å². The summed E-state index contributed by atoms with van der Waals surface area (Å²) in [7, 11) is 0. The van der Waals surface area contributed by atoms with Gasteiger partial charge in [-0.05, 0) is 29.8 Å². The van der Waals surface area contributed by atoms with Crippen molar-refractivity contribution >= 4 is 23.7 Å². The van der Waals surface area contributed by atoms with Crippen LogP contribution < -0.4 is 10.2 Å². The van der Waals surface area contributed by atoms with Crippen LogP contribution in [0.2, 0.25) is 5.02 Å². The molecule has 0 bridgehead atoms. The van der Waals surface area contributed by atoms with E-state index in [1.165, 1.54) is 0 Å². The van der Waals surface area contributed by atoms with E-state index in [1.807, 2.05) is 37.3 Å². The molecule has 0 fully saturated rings. The molecule has 0 radical (unpaired) electrons. The molecule has 1 N–H and O–H groups in total. The van der Waals surface area contributed by atoms with Crippen molar-refractivity contribution in [2.75, 3.05) is 6.61 Å². The highest BCUT2D eigenvalue weighted by molar-refractivity contribution is 6.30. The molecule has 1 unspecified atom stereocenters. The first-order valence-corrected chi connectivity index (χ1v) is 7.28. The van der Waals surface area contributed by atoms with Crippen molar-refractivity contribution in [3.05, 3.63) is 65.2 Å². The van der Waals surface area contributed by atoms with E-state index in [0.717, 1.165) is 5.56 Å². The summed E-state index contributed by atoms with van der Waals surface area (Å²) in [5, 5.41) is 4.57. The zero-order chi connectivity index (χ0) is 15.8. The van der Waals surface area contributed by atoms with E-state index in [2.05, 4.69) is 10.5 Å². The Balaban J connectivity index is 1.75. The molecule has 5 heteroatoms. The van der Waals surface area contributed by atoms with Crippen LogP contribution in [0.25, 0.3) is 0 Å². The Morgan fingerprint density at radius 3 is 2.59 bits per heavy atom. The molecule has 0 spiro atoms. The van der Waals surface area contributed by atoms with Gasteiger partial charge in [-0.25, -0.2) is 5.43 Å². The fourth-order valence-corrected chi connectivity index (χ4v) is 1.90. The molecule has 22 heavy (non-hydrogen) atoms. The Labute approximate surface area is 134 Å². The number of hydrogen-bond donors (Lipinski definition) is 1. The average molecular weight is 317 g/mol. The van der Waals surface area contributed by atoms with Crippen LogP contribution in [-0.4, -0.2) is 18.7 Å². The maximum absolute atomic E-state index is 11.6. The first-order chi connectivity index (χ1) is 10.6. The van der Waals surface area contributed by atoms with E-state index >= 15 is 0 Å². The van der Waals surface area contributed by atoms with Crippen LogP contribution in [0, 0.1) is 0 Å². The lowest BCUT2D eigenvalue weighted by molar-refractivity contribution is -0.123. The van der Waals surface area contributed by atoms with Gasteiger partial charge in [-0.3, -0.25) is 4.79 Å². The molecule has 1 atom stereocenters. The van der Waals surface area contributed by atoms with Crippen LogP contribution in [0.3, 0.4) is 0 Å². The number of hydrazone groups is 1. The van der Waals surface area contributed by atoms with Gasteiger partial charge >= 0.3 is 0 Å². The monoisotopic (exact) mass is 316 g/mol. The lowest BCUT2D eigenvalue weighted by atomic mass is 10.0. The van der Waals surface area contributed by atoms with Crippen molar-refractivity contribution in [3.63, 3.8) is 0 Å². The zero-order valence-corrected chi connectivity index (χ0v) is 13.0. The molecule has 1 amide bonds. The molecule has 0 heterocycles. The van der Waals surface area contributed by atoms with E-state index in [0.29, 0.717) is 10.8 Å². The van der Waals surface area contributed by atoms with Crippen LogP contribution in [0.4, 0.5) is 0 Å². The standard InChI is InChI=1S/C17H17ClN2O2/c1-13(14-5-3-2-4-6-14)11-19-20-17(21)12-22-16-9-7-15(18)8-10-16/h2-11,13H,12H2,1H3,(H,20,21). The molecule has 0 saturated carbocycles. The maximum atomic E-state index is 11.6. The maximum Gasteiger partial charge on any atom is 0.277 e. The number of carbonyl (C=O) groups is 1. The Hall–Kier alpha value is -2.33. The molecule has 0 aromatic heterocycles. The minimum Gasteiger partial charge on any atom is -0.484 e. The molecule has 0 aliphatic carbocycles. The van der Waals surface area contributed by atoms with Crippen LogP contribution in [0.15, 0.2) is 59.7 Å². The summed E-state index contributed by atoms with van der Waals surface area (Å²) in [6.07, 6.45) is 1.69. The zero-order valence-electron chi connectivity index (χ0n) is 12.2. The first-order valence-electron chi connectivity index (χ1n) is 6.90. The SMILES string of the molecule is CC(C=NNC(=O)COc1ccc(Cl)cc1)c1ccccc1. The fraction of sp³-hybridized carbons (Fsp3) is 0.176. The lowest BCUT2D eigenvalue weighted by Gasteiger charge is -2.06. The number of amides is 1. The summed E-state index contributed by atoms with van der Waals surface area (Å²) in [5.74, 6) is 0.395. The van der Waals surface area contributed by atoms with Crippen molar-refractivity contribution in [2.24, 2.45) is 5.10 Å². The fourth-order valence-electron chi connectivity index (χ4n) is 1.78. The molecule has 0 aliphatic rings. The lowest BCUT2D eigenvalue weighted by Crippen LogP contribution is -2.24. The highest BCUT2D eigenvalue weighted by Crippen LogP contribution is 2.15. The van der Waals surface area contributed by atoms with E-state index < -0.39 is 0 Å². The van der Waals surface area contributed by atoms with Gasteiger partial charge in [-0.15, -0.1) is 0 Å². The molecular formula is C17H17ClN2O2. The molecule has 2 rings (SSSR count). The largest absolute Gasteiger partial charge is 0.484 e. The summed E-state index contributed by atoms with van der Waals surface area (Å²) >= 11 is 5.77. The van der Waals surface area contributed by atoms with Gasteiger partial charge in [0.15, 0.2) is 6.61 Å². The van der Waals surface area contributed by atoms with E-state index in [9.17, 15) is 4.79 Å². The summed E-state index contributed by atoms with van der Waals surface area (Å²) in [6.45, 7) is 1.91. The average Bonchev–Trinajstić information content (AvgIpc) is 2.55. The van der Waals surface area contributed by atoms with Crippen molar-refractivity contribution in [1.29, 1.82) is 0 Å². The van der Waals surface area contributed by atoms with E-state index in [4.69, 9.17) is 16.3 Å². The topological polar surface area (TPSA) is 50.7 Å². The molecule has 4 nitrogen and oxygen atoms in total. The number of nitrogens with zero attached hydrogens (tertiary/aromatic N) is 1. The molecule has 2 aromatic rings. The highest BCUT2D eigenvalue weighted by Gasteiger charge is 2.03. The van der Waals surface area contributed by atoms with Crippen molar-refractivity contribution in [2.45, 2.75) is 12.8 Å². The Morgan fingerprint density at radius 1 is 1.23 bits per heavy atom. The van der Waals surface area contributed by atoms with Crippen LogP contribution in [0.1, 0.15) is 18.4 Å². The number of hydrogen-bond acceptors (Lipinski definition) is 3. The van der Waals surface area contributed by atoms with E-state index in [-0.39, 0.29) is 18.4 Å². The Morgan fingerprint density at radius 2 is 1.91 bits per heavy atom. The molecular weight excluding hydrogens is 300 g/mol. The van der Waals surface area contributed by atoms with Gasteiger partial charge in [-0.1, -0.05) is 48.9 Å². The summed E-state index contributed by atoms with van der Waals surface area (Å²) in [5.41, 5.74) is 3.58. The highest BCUT2D eigenvalue weighted by atomic mass is 35.5. The second-order valence-corrected chi connectivity index (χ2v) is 5.19. The minimum atomic E-state index is -0.313. The summed E-state index contributed by atoms with van der Waals surface area (Å²) in [4.78, 5) is 11.6. The van der Waals surface area contributed by atoms with Gasteiger partial charge in [0.25, 0.3) is 5.91 Å². The van der Waals surface area contributed by atoms with Crippen molar-refractivity contribution < 1.29 is 9.53 Å². The third-order valence-corrected chi connectivity index (χ3v) is 3.25. The van der Waals surface area contributed by atoms with Crippen LogP contribution in [0.5, 0.6) is 5.75 Å². The quantitative estimate of drug-likeness (QED) is 0.653. The molecule has 0 aliphatic heterocycles. The normalized spacial score (nSPS) is 12.1. The number of nitrogens with one attached hydrogen (secondary N) is 1. The number of halogens is 1. The van der Waals surface area contributed by atoms with Gasteiger partial charge < -0.3 is 4.74 Å². The third kappa shape index (κ3) is 5.22. The molecule has 2 aromatic carbocycles. The Bertz CT molecular complexity index is 627. The summed E-state index contributed by atoms with van der Waals surface area (Å²) < 4.78 is 5.32. The van der Waals surface area contributed by atoms with Gasteiger partial charge in [-0.2, -0.15) is 5.10 Å². The smallest absolute Gasteiger partial charge is 0.277 e.